The minimum atomic E-state index is -0.211. The average molecular weight is 357 g/mol. The molecule has 10 heteroatoms. The lowest BCUT2D eigenvalue weighted by Gasteiger charge is -2.03. The van der Waals surface area contributed by atoms with Gasteiger partial charge in [0.1, 0.15) is 5.01 Å². The van der Waals surface area contributed by atoms with Crippen molar-refractivity contribution in [2.45, 2.75) is 24.8 Å². The molecule has 2 heterocycles. The van der Waals surface area contributed by atoms with Gasteiger partial charge in [-0.1, -0.05) is 30.0 Å². The van der Waals surface area contributed by atoms with E-state index >= 15 is 0 Å². The van der Waals surface area contributed by atoms with Crippen LogP contribution in [0.3, 0.4) is 0 Å². The fraction of sp³-hybridized carbons (Fsp3) is 0.417. The number of thioether (sulfide) groups is 2. The van der Waals surface area contributed by atoms with Gasteiger partial charge in [-0.25, -0.2) is 4.98 Å². The van der Waals surface area contributed by atoms with Crippen LogP contribution in [0, 0.1) is 6.92 Å². The summed E-state index contributed by atoms with van der Waals surface area (Å²) >= 11 is 4.19. The topological polar surface area (TPSA) is 101 Å². The summed E-state index contributed by atoms with van der Waals surface area (Å²) in [6.45, 7) is 3.86. The van der Waals surface area contributed by atoms with E-state index < -0.39 is 0 Å². The van der Waals surface area contributed by atoms with Crippen molar-refractivity contribution in [2.75, 3.05) is 16.8 Å². The number of hydrogen-bond donors (Lipinski definition) is 2. The highest BCUT2D eigenvalue weighted by atomic mass is 32.2. The molecule has 0 aromatic carbocycles. The monoisotopic (exact) mass is 357 g/mol. The van der Waals surface area contributed by atoms with Crippen molar-refractivity contribution in [3.8, 4) is 0 Å². The van der Waals surface area contributed by atoms with Gasteiger partial charge in [-0.15, -0.1) is 10.2 Å². The smallest absolute Gasteiger partial charge is 0.251 e. The molecule has 0 fully saturated rings. The second-order valence-corrected chi connectivity index (χ2v) is 7.56. The van der Waals surface area contributed by atoms with E-state index in [1.807, 2.05) is 13.8 Å². The quantitative estimate of drug-likeness (QED) is 0.576. The summed E-state index contributed by atoms with van der Waals surface area (Å²) in [4.78, 5) is 30.4. The summed E-state index contributed by atoms with van der Waals surface area (Å²) in [6, 6.07) is 1.48. The van der Waals surface area contributed by atoms with Crippen LogP contribution in [0.25, 0.3) is 0 Å². The molecular weight excluding hydrogens is 342 g/mol. The number of carbonyl (C=O) groups excluding carboxylic acids is 1. The van der Waals surface area contributed by atoms with E-state index in [1.54, 1.807) is 11.8 Å². The Morgan fingerprint density at radius 1 is 1.45 bits per heavy atom. The van der Waals surface area contributed by atoms with E-state index in [-0.39, 0.29) is 17.2 Å². The van der Waals surface area contributed by atoms with E-state index in [0.29, 0.717) is 16.0 Å². The molecule has 2 N–H and O–H groups in total. The summed E-state index contributed by atoms with van der Waals surface area (Å²) in [6.07, 6.45) is 0. The number of aryl methyl sites for hydroxylation is 1. The van der Waals surface area contributed by atoms with Gasteiger partial charge in [-0.05, 0) is 12.7 Å². The summed E-state index contributed by atoms with van der Waals surface area (Å²) in [5.74, 6) is 1.58. The summed E-state index contributed by atoms with van der Waals surface area (Å²) in [5.41, 5.74) is 0.516. The van der Waals surface area contributed by atoms with Gasteiger partial charge in [0, 0.05) is 11.8 Å². The van der Waals surface area contributed by atoms with Crippen LogP contribution < -0.4 is 10.9 Å². The van der Waals surface area contributed by atoms with Gasteiger partial charge in [0.25, 0.3) is 5.56 Å². The van der Waals surface area contributed by atoms with E-state index in [2.05, 4.69) is 25.5 Å². The average Bonchev–Trinajstić information content (AvgIpc) is 2.87. The molecule has 118 valence electrons. The van der Waals surface area contributed by atoms with Gasteiger partial charge < -0.3 is 4.98 Å². The van der Waals surface area contributed by atoms with E-state index in [4.69, 9.17) is 0 Å². The number of hydrogen-bond acceptors (Lipinski definition) is 8. The number of aromatic amines is 1. The Balaban J connectivity index is 1.91. The van der Waals surface area contributed by atoms with Crippen LogP contribution in [0.5, 0.6) is 0 Å². The normalized spacial score (nSPS) is 10.6. The first-order valence-corrected chi connectivity index (χ1v) is 9.43. The van der Waals surface area contributed by atoms with Gasteiger partial charge in [0.05, 0.1) is 11.4 Å². The first-order chi connectivity index (χ1) is 10.6. The molecule has 0 unspecified atom stereocenters. The first-order valence-electron chi connectivity index (χ1n) is 6.47. The highest BCUT2D eigenvalue weighted by Crippen LogP contribution is 2.16. The molecule has 0 aliphatic carbocycles. The van der Waals surface area contributed by atoms with Gasteiger partial charge >= 0.3 is 0 Å². The molecule has 22 heavy (non-hydrogen) atoms. The molecule has 0 saturated carbocycles. The fourth-order valence-electron chi connectivity index (χ4n) is 1.47. The molecule has 0 bridgehead atoms. The lowest BCUT2D eigenvalue weighted by atomic mass is 10.5. The molecule has 2 aromatic rings. The lowest BCUT2D eigenvalue weighted by molar-refractivity contribution is -0.113. The zero-order valence-corrected chi connectivity index (χ0v) is 14.5. The Bertz CT molecular complexity index is 700. The number of rotatable bonds is 7. The van der Waals surface area contributed by atoms with Gasteiger partial charge in [0.15, 0.2) is 5.16 Å². The molecule has 2 aromatic heterocycles. The molecule has 7 nitrogen and oxygen atoms in total. The Morgan fingerprint density at radius 3 is 2.95 bits per heavy atom. The third-order valence-corrected chi connectivity index (χ3v) is 4.87. The van der Waals surface area contributed by atoms with Gasteiger partial charge in [-0.2, -0.15) is 11.8 Å². The van der Waals surface area contributed by atoms with E-state index in [9.17, 15) is 9.59 Å². The first kappa shape index (κ1) is 17.0. The number of nitrogens with one attached hydrogen (secondary N) is 2. The molecule has 0 atom stereocenters. The molecule has 2 rings (SSSR count). The standard InChI is InChI=1S/C12H15N5O2S3/c1-3-20-5-8-4-9(18)14-11(13-8)21-6-10(19)15-12-17-16-7(2)22-12/h4H,3,5-6H2,1-2H3,(H,13,14,18)(H,15,17,19). The minimum Gasteiger partial charge on any atom is -0.301 e. The molecule has 0 saturated heterocycles. The molecule has 1 amide bonds. The Morgan fingerprint density at radius 2 is 2.27 bits per heavy atom. The van der Waals surface area contributed by atoms with Crippen LogP contribution in [0.4, 0.5) is 5.13 Å². The number of nitrogens with zero attached hydrogens (tertiary/aromatic N) is 3. The van der Waals surface area contributed by atoms with Crippen LogP contribution in [0.1, 0.15) is 17.6 Å². The zero-order chi connectivity index (χ0) is 15.9. The predicted molar refractivity (Wildman–Crippen MR) is 90.7 cm³/mol. The number of carbonyl (C=O) groups is 1. The van der Waals surface area contributed by atoms with Crippen molar-refractivity contribution < 1.29 is 4.79 Å². The third-order valence-electron chi connectivity index (χ3n) is 2.34. The van der Waals surface area contributed by atoms with Crippen molar-refractivity contribution in [3.05, 3.63) is 27.1 Å². The van der Waals surface area contributed by atoms with Gasteiger partial charge in [-0.3, -0.25) is 14.9 Å². The second kappa shape index (κ2) is 8.30. The third kappa shape index (κ3) is 5.43. The van der Waals surface area contributed by atoms with Crippen molar-refractivity contribution in [1.29, 1.82) is 0 Å². The maximum Gasteiger partial charge on any atom is 0.251 e. The van der Waals surface area contributed by atoms with Gasteiger partial charge in [0.2, 0.25) is 11.0 Å². The predicted octanol–water partition coefficient (Wildman–Crippen LogP) is 1.91. The van der Waals surface area contributed by atoms with Crippen LogP contribution in [0.2, 0.25) is 0 Å². The van der Waals surface area contributed by atoms with Crippen molar-refractivity contribution >= 4 is 45.9 Å². The number of anilines is 1. The molecule has 0 aliphatic heterocycles. The summed E-state index contributed by atoms with van der Waals surface area (Å²) in [7, 11) is 0. The second-order valence-electron chi connectivity index (χ2n) is 4.14. The fourth-order valence-corrected chi connectivity index (χ4v) is 3.33. The van der Waals surface area contributed by atoms with Crippen molar-refractivity contribution in [3.63, 3.8) is 0 Å². The van der Waals surface area contributed by atoms with Crippen LogP contribution in [-0.2, 0) is 10.5 Å². The van der Waals surface area contributed by atoms with Crippen molar-refractivity contribution in [2.24, 2.45) is 0 Å². The maximum atomic E-state index is 11.8. The van der Waals surface area contributed by atoms with E-state index in [1.165, 1.54) is 29.2 Å². The summed E-state index contributed by atoms with van der Waals surface area (Å²) < 4.78 is 0. The molecular formula is C12H15N5O2S3. The Kier molecular flexibility index (Phi) is 6.40. The summed E-state index contributed by atoms with van der Waals surface area (Å²) in [5, 5.41) is 12.0. The molecule has 0 aliphatic rings. The van der Waals surface area contributed by atoms with Crippen molar-refractivity contribution in [1.82, 2.24) is 20.2 Å². The number of aromatic nitrogens is 4. The maximum absolute atomic E-state index is 11.8. The molecule has 0 spiro atoms. The lowest BCUT2D eigenvalue weighted by Crippen LogP contribution is -2.15. The largest absolute Gasteiger partial charge is 0.301 e. The Labute approximate surface area is 139 Å². The number of amides is 1. The van der Waals surface area contributed by atoms with E-state index in [0.717, 1.165) is 16.5 Å². The zero-order valence-electron chi connectivity index (χ0n) is 12.1. The highest BCUT2D eigenvalue weighted by Gasteiger charge is 2.09. The van der Waals surface area contributed by atoms with Crippen LogP contribution in [0.15, 0.2) is 16.0 Å². The Hall–Kier alpha value is -1.39. The SMILES string of the molecule is CCSCc1cc(=O)[nH]c(SCC(=O)Nc2nnc(C)s2)n1. The van der Waals surface area contributed by atoms with Crippen LogP contribution >= 0.6 is 34.9 Å². The molecule has 0 radical (unpaired) electrons. The van der Waals surface area contributed by atoms with Crippen LogP contribution in [-0.4, -0.2) is 37.6 Å². The minimum absolute atomic E-state index is 0.145. The number of H-pyrrole nitrogens is 1. The highest BCUT2D eigenvalue weighted by molar-refractivity contribution is 7.99.